The first kappa shape index (κ1) is 13.0. The first-order chi connectivity index (χ1) is 8.13. The number of nitrogens with zero attached hydrogens (tertiary/aromatic N) is 2. The molecule has 1 fully saturated rings. The molecule has 0 bridgehead atoms. The fraction of sp³-hybridized carbons (Fsp3) is 0.769. The lowest BCUT2D eigenvalue weighted by Crippen LogP contribution is -2.49. The Morgan fingerprint density at radius 2 is 2.47 bits per heavy atom. The van der Waals surface area contributed by atoms with Crippen molar-refractivity contribution in [1.29, 1.82) is 0 Å². The van der Waals surface area contributed by atoms with Crippen molar-refractivity contribution in [1.82, 2.24) is 15.2 Å². The van der Waals surface area contributed by atoms with Crippen LogP contribution in [0.1, 0.15) is 38.5 Å². The summed E-state index contributed by atoms with van der Waals surface area (Å²) in [4.78, 5) is 8.14. The van der Waals surface area contributed by atoms with Crippen LogP contribution in [0.15, 0.2) is 11.7 Å². The number of aromatic nitrogens is 1. The quantitative estimate of drug-likeness (QED) is 0.897. The second-order valence-electron chi connectivity index (χ2n) is 5.35. The highest BCUT2D eigenvalue weighted by atomic mass is 32.1. The second kappa shape index (κ2) is 5.46. The molecule has 0 saturated carbocycles. The van der Waals surface area contributed by atoms with Gasteiger partial charge in [0.05, 0.1) is 5.51 Å². The van der Waals surface area contributed by atoms with Crippen molar-refractivity contribution in [3.05, 3.63) is 16.6 Å². The summed E-state index contributed by atoms with van der Waals surface area (Å²) in [7, 11) is 0. The van der Waals surface area contributed by atoms with E-state index in [1.807, 2.05) is 11.7 Å². The van der Waals surface area contributed by atoms with Gasteiger partial charge in [-0.2, -0.15) is 0 Å². The predicted molar refractivity (Wildman–Crippen MR) is 73.3 cm³/mol. The number of hydrogen-bond acceptors (Lipinski definition) is 4. The molecule has 1 aromatic rings. The van der Waals surface area contributed by atoms with Gasteiger partial charge in [-0.25, -0.2) is 0 Å². The van der Waals surface area contributed by atoms with Crippen LogP contribution in [0.4, 0.5) is 0 Å². The molecular weight excluding hydrogens is 230 g/mol. The average molecular weight is 253 g/mol. The lowest BCUT2D eigenvalue weighted by atomic mass is 9.98. The Kier molecular flexibility index (Phi) is 4.17. The van der Waals surface area contributed by atoms with E-state index >= 15 is 0 Å². The summed E-state index contributed by atoms with van der Waals surface area (Å²) in [5.41, 5.74) is 2.19. The van der Waals surface area contributed by atoms with Crippen LogP contribution in [0.5, 0.6) is 0 Å². The molecule has 17 heavy (non-hydrogen) atoms. The molecule has 2 atom stereocenters. The fourth-order valence-electron chi connectivity index (χ4n) is 2.39. The van der Waals surface area contributed by atoms with Crippen molar-refractivity contribution in [2.24, 2.45) is 0 Å². The molecule has 3 nitrogen and oxygen atoms in total. The lowest BCUT2D eigenvalue weighted by molar-refractivity contribution is 0.165. The lowest BCUT2D eigenvalue weighted by Gasteiger charge is -2.34. The zero-order valence-corrected chi connectivity index (χ0v) is 11.9. The van der Waals surface area contributed by atoms with Crippen LogP contribution in [-0.2, 0) is 6.54 Å². The van der Waals surface area contributed by atoms with Gasteiger partial charge in [-0.1, -0.05) is 6.92 Å². The Labute approximate surface area is 108 Å². The molecule has 0 radical (unpaired) electrons. The van der Waals surface area contributed by atoms with E-state index in [2.05, 4.69) is 36.0 Å². The molecule has 2 heterocycles. The molecule has 0 aromatic carbocycles. The maximum Gasteiger partial charge on any atom is 0.0794 e. The van der Waals surface area contributed by atoms with E-state index in [4.69, 9.17) is 0 Å². The molecule has 2 unspecified atom stereocenters. The molecule has 1 saturated heterocycles. The van der Waals surface area contributed by atoms with E-state index in [1.54, 1.807) is 11.3 Å². The summed E-state index contributed by atoms with van der Waals surface area (Å²) >= 11 is 1.76. The van der Waals surface area contributed by atoms with Crippen molar-refractivity contribution in [2.75, 3.05) is 13.1 Å². The largest absolute Gasteiger partial charge is 0.310 e. The first-order valence-corrected chi connectivity index (χ1v) is 7.37. The molecular formula is C13H23N3S. The predicted octanol–water partition coefficient (Wildman–Crippen LogP) is 2.50. The van der Waals surface area contributed by atoms with E-state index in [9.17, 15) is 0 Å². The van der Waals surface area contributed by atoms with Gasteiger partial charge >= 0.3 is 0 Å². The fourth-order valence-corrected chi connectivity index (χ4v) is 3.01. The van der Waals surface area contributed by atoms with E-state index in [0.29, 0.717) is 6.04 Å². The summed E-state index contributed by atoms with van der Waals surface area (Å²) in [6, 6.07) is 0.651. The monoisotopic (exact) mass is 253 g/mol. The average Bonchev–Trinajstić information content (AvgIpc) is 2.76. The first-order valence-electron chi connectivity index (χ1n) is 6.49. The maximum atomic E-state index is 4.17. The summed E-state index contributed by atoms with van der Waals surface area (Å²) in [5, 5.41) is 3.69. The van der Waals surface area contributed by atoms with Gasteiger partial charge in [0.1, 0.15) is 0 Å². The summed E-state index contributed by atoms with van der Waals surface area (Å²) < 4.78 is 0. The molecule has 4 heteroatoms. The Balaban J connectivity index is 2.06. The van der Waals surface area contributed by atoms with Crippen LogP contribution in [-0.4, -0.2) is 34.6 Å². The van der Waals surface area contributed by atoms with Crippen molar-refractivity contribution in [2.45, 2.75) is 51.7 Å². The number of rotatable bonds is 3. The molecule has 0 aliphatic carbocycles. The van der Waals surface area contributed by atoms with E-state index in [0.717, 1.165) is 19.6 Å². The SMILES string of the molecule is CCC1(C)CN(Cc2cncs2)C(C)CCN1. The van der Waals surface area contributed by atoms with E-state index < -0.39 is 0 Å². The van der Waals surface area contributed by atoms with Gasteiger partial charge < -0.3 is 5.32 Å². The van der Waals surface area contributed by atoms with Gasteiger partial charge in [0, 0.05) is 35.7 Å². The Morgan fingerprint density at radius 1 is 1.65 bits per heavy atom. The molecule has 1 N–H and O–H groups in total. The molecule has 1 aliphatic rings. The van der Waals surface area contributed by atoms with Crippen LogP contribution in [0, 0.1) is 0 Å². The third kappa shape index (κ3) is 3.27. The third-order valence-corrected chi connectivity index (χ3v) is 4.68. The number of nitrogens with one attached hydrogen (secondary N) is 1. The summed E-state index contributed by atoms with van der Waals surface area (Å²) in [5.74, 6) is 0. The number of thiazole rings is 1. The van der Waals surface area contributed by atoms with Crippen LogP contribution in [0.2, 0.25) is 0 Å². The van der Waals surface area contributed by atoms with Crippen molar-refractivity contribution in [3.63, 3.8) is 0 Å². The number of hydrogen-bond donors (Lipinski definition) is 1. The minimum atomic E-state index is 0.259. The molecule has 96 valence electrons. The van der Waals surface area contributed by atoms with Gasteiger partial charge in [0.15, 0.2) is 0 Å². The van der Waals surface area contributed by atoms with Crippen molar-refractivity contribution >= 4 is 11.3 Å². The van der Waals surface area contributed by atoms with E-state index in [-0.39, 0.29) is 5.54 Å². The highest BCUT2D eigenvalue weighted by Gasteiger charge is 2.30. The summed E-state index contributed by atoms with van der Waals surface area (Å²) in [6.07, 6.45) is 4.41. The van der Waals surface area contributed by atoms with Gasteiger partial charge in [-0.15, -0.1) is 11.3 Å². The highest BCUT2D eigenvalue weighted by Crippen LogP contribution is 2.21. The van der Waals surface area contributed by atoms with Crippen LogP contribution in [0.3, 0.4) is 0 Å². The van der Waals surface area contributed by atoms with Gasteiger partial charge in [0.25, 0.3) is 0 Å². The zero-order valence-electron chi connectivity index (χ0n) is 11.1. The highest BCUT2D eigenvalue weighted by molar-refractivity contribution is 7.09. The zero-order chi connectivity index (χ0) is 12.3. The Morgan fingerprint density at radius 3 is 3.12 bits per heavy atom. The molecule has 1 aliphatic heterocycles. The second-order valence-corrected chi connectivity index (χ2v) is 6.32. The van der Waals surface area contributed by atoms with Crippen molar-refractivity contribution in [3.8, 4) is 0 Å². The van der Waals surface area contributed by atoms with Gasteiger partial charge in [-0.3, -0.25) is 9.88 Å². The third-order valence-electron chi connectivity index (χ3n) is 3.91. The van der Waals surface area contributed by atoms with E-state index in [1.165, 1.54) is 17.7 Å². The smallest absolute Gasteiger partial charge is 0.0794 e. The molecule has 0 amide bonds. The van der Waals surface area contributed by atoms with Crippen LogP contribution in [0.25, 0.3) is 0 Å². The topological polar surface area (TPSA) is 28.2 Å². The van der Waals surface area contributed by atoms with Gasteiger partial charge in [-0.05, 0) is 33.2 Å². The maximum absolute atomic E-state index is 4.17. The van der Waals surface area contributed by atoms with Gasteiger partial charge in [0.2, 0.25) is 0 Å². The molecule has 0 spiro atoms. The van der Waals surface area contributed by atoms with Crippen LogP contribution < -0.4 is 5.32 Å². The molecule has 1 aromatic heterocycles. The minimum absolute atomic E-state index is 0.259. The van der Waals surface area contributed by atoms with Crippen LogP contribution >= 0.6 is 11.3 Å². The molecule has 2 rings (SSSR count). The Bertz CT molecular complexity index is 338. The van der Waals surface area contributed by atoms with Crippen molar-refractivity contribution < 1.29 is 0 Å². The Hall–Kier alpha value is -0.450. The minimum Gasteiger partial charge on any atom is -0.310 e. The summed E-state index contributed by atoms with van der Waals surface area (Å²) in [6.45, 7) is 10.2. The standard InChI is InChI=1S/C13H23N3S/c1-4-13(3)9-16(11(2)5-6-15-13)8-12-7-14-10-17-12/h7,10-11,15H,4-6,8-9H2,1-3H3. The normalized spacial score (nSPS) is 31.4.